The molecule has 0 atom stereocenters. The summed E-state index contributed by atoms with van der Waals surface area (Å²) in [7, 11) is 1.72. The minimum absolute atomic E-state index is 0.198. The number of benzene rings is 2. The Labute approximate surface area is 148 Å². The van der Waals surface area contributed by atoms with Crippen LogP contribution in [0.1, 0.15) is 16.3 Å². The lowest BCUT2D eigenvalue weighted by atomic mass is 10.3. The van der Waals surface area contributed by atoms with Gasteiger partial charge in [-0.05, 0) is 48.5 Å². The van der Waals surface area contributed by atoms with Gasteiger partial charge in [-0.15, -0.1) is 0 Å². The molecule has 0 saturated heterocycles. The average Bonchev–Trinajstić information content (AvgIpc) is 3.10. The largest absolute Gasteiger partial charge is 0.486 e. The van der Waals surface area contributed by atoms with Crippen molar-refractivity contribution in [1.82, 2.24) is 0 Å². The van der Waals surface area contributed by atoms with Gasteiger partial charge in [-0.3, -0.25) is 4.79 Å². The van der Waals surface area contributed by atoms with Gasteiger partial charge < -0.3 is 14.1 Å². The fourth-order valence-corrected chi connectivity index (χ4v) is 2.45. The highest BCUT2D eigenvalue weighted by atomic mass is 79.9. The van der Waals surface area contributed by atoms with Crippen LogP contribution in [-0.4, -0.2) is 13.0 Å². The van der Waals surface area contributed by atoms with E-state index in [2.05, 4.69) is 15.9 Å². The zero-order valence-electron chi connectivity index (χ0n) is 13.1. The topological polar surface area (TPSA) is 42.7 Å². The molecule has 2 aromatic carbocycles. The summed E-state index contributed by atoms with van der Waals surface area (Å²) in [5.41, 5.74) is 0.812. The number of carbonyl (C=O) groups is 1. The van der Waals surface area contributed by atoms with Crippen LogP contribution in [0.15, 0.2) is 75.6 Å². The molecule has 1 amide bonds. The van der Waals surface area contributed by atoms with Crippen LogP contribution in [0, 0.1) is 0 Å². The van der Waals surface area contributed by atoms with Crippen LogP contribution in [0.4, 0.5) is 5.69 Å². The highest BCUT2D eigenvalue weighted by Crippen LogP contribution is 2.19. The molecule has 3 rings (SSSR count). The molecule has 3 aromatic rings. The maximum Gasteiger partial charge on any atom is 0.293 e. The highest BCUT2D eigenvalue weighted by molar-refractivity contribution is 9.10. The molecule has 0 fully saturated rings. The van der Waals surface area contributed by atoms with E-state index in [9.17, 15) is 4.79 Å². The van der Waals surface area contributed by atoms with Gasteiger partial charge in [0.05, 0.1) is 0 Å². The number of furan rings is 1. The molecule has 0 N–H and O–H groups in total. The number of ether oxygens (including phenoxy) is 1. The van der Waals surface area contributed by atoms with Crippen molar-refractivity contribution in [2.24, 2.45) is 0 Å². The first-order valence-electron chi connectivity index (χ1n) is 7.43. The fourth-order valence-electron chi connectivity index (χ4n) is 2.19. The minimum atomic E-state index is -0.198. The number of amides is 1. The predicted molar refractivity (Wildman–Crippen MR) is 96.4 cm³/mol. The monoisotopic (exact) mass is 385 g/mol. The lowest BCUT2D eigenvalue weighted by Gasteiger charge is -2.15. The smallest absolute Gasteiger partial charge is 0.293 e. The number of carbonyl (C=O) groups excluding carboxylic acids is 1. The first kappa shape index (κ1) is 16.3. The molecule has 4 nitrogen and oxygen atoms in total. The Balaban J connectivity index is 1.64. The number of hydrogen-bond donors (Lipinski definition) is 0. The second-order valence-corrected chi connectivity index (χ2v) is 6.12. The van der Waals surface area contributed by atoms with Crippen LogP contribution in [-0.2, 0) is 6.61 Å². The van der Waals surface area contributed by atoms with Gasteiger partial charge >= 0.3 is 0 Å². The molecule has 122 valence electrons. The third-order valence-electron chi connectivity index (χ3n) is 3.52. The van der Waals surface area contributed by atoms with E-state index >= 15 is 0 Å². The van der Waals surface area contributed by atoms with Crippen LogP contribution < -0.4 is 9.64 Å². The van der Waals surface area contributed by atoms with Crippen molar-refractivity contribution < 1.29 is 13.9 Å². The van der Waals surface area contributed by atoms with Gasteiger partial charge in [0.2, 0.25) is 0 Å². The van der Waals surface area contributed by atoms with E-state index in [0.717, 1.165) is 15.9 Å². The van der Waals surface area contributed by atoms with Crippen LogP contribution in [0.5, 0.6) is 5.75 Å². The van der Waals surface area contributed by atoms with Gasteiger partial charge in [-0.1, -0.05) is 34.1 Å². The van der Waals surface area contributed by atoms with Gasteiger partial charge in [-0.25, -0.2) is 0 Å². The molecular formula is C19H16BrNO3. The Kier molecular flexibility index (Phi) is 5.01. The number of hydrogen-bond acceptors (Lipinski definition) is 3. The fraction of sp³-hybridized carbons (Fsp3) is 0.105. The summed E-state index contributed by atoms with van der Waals surface area (Å²) < 4.78 is 12.2. The van der Waals surface area contributed by atoms with Crippen molar-refractivity contribution in [3.63, 3.8) is 0 Å². The first-order chi connectivity index (χ1) is 11.6. The molecule has 1 heterocycles. The molecule has 1 aromatic heterocycles. The van der Waals surface area contributed by atoms with Crippen LogP contribution in [0.25, 0.3) is 0 Å². The van der Waals surface area contributed by atoms with E-state index in [1.165, 1.54) is 0 Å². The molecule has 0 saturated carbocycles. The van der Waals surface area contributed by atoms with E-state index in [-0.39, 0.29) is 18.3 Å². The van der Waals surface area contributed by atoms with E-state index in [0.29, 0.717) is 5.76 Å². The van der Waals surface area contributed by atoms with Gasteiger partial charge in [0.15, 0.2) is 5.76 Å². The van der Waals surface area contributed by atoms with Gasteiger partial charge in [0, 0.05) is 17.2 Å². The Morgan fingerprint density at radius 3 is 2.46 bits per heavy atom. The van der Waals surface area contributed by atoms with E-state index in [1.54, 1.807) is 24.1 Å². The Morgan fingerprint density at radius 2 is 1.75 bits per heavy atom. The zero-order valence-corrected chi connectivity index (χ0v) is 14.7. The van der Waals surface area contributed by atoms with Gasteiger partial charge in [0.1, 0.15) is 18.1 Å². The highest BCUT2D eigenvalue weighted by Gasteiger charge is 2.17. The third kappa shape index (κ3) is 3.86. The average molecular weight is 386 g/mol. The maximum atomic E-state index is 12.5. The van der Waals surface area contributed by atoms with Crippen molar-refractivity contribution in [2.45, 2.75) is 6.61 Å². The Bertz CT molecular complexity index is 812. The van der Waals surface area contributed by atoms with Crippen molar-refractivity contribution in [3.8, 4) is 5.75 Å². The van der Waals surface area contributed by atoms with Crippen molar-refractivity contribution in [1.29, 1.82) is 0 Å². The first-order valence-corrected chi connectivity index (χ1v) is 8.23. The Morgan fingerprint density at radius 1 is 1.04 bits per heavy atom. The van der Waals surface area contributed by atoms with Crippen LogP contribution in [0.3, 0.4) is 0 Å². The second-order valence-electron chi connectivity index (χ2n) is 5.21. The molecule has 0 radical (unpaired) electrons. The number of anilines is 1. The summed E-state index contributed by atoms with van der Waals surface area (Å²) in [4.78, 5) is 14.0. The van der Waals surface area contributed by atoms with Crippen molar-refractivity contribution in [3.05, 3.63) is 82.7 Å². The minimum Gasteiger partial charge on any atom is -0.486 e. The van der Waals surface area contributed by atoms with Crippen molar-refractivity contribution >= 4 is 27.5 Å². The number of para-hydroxylation sites is 1. The summed E-state index contributed by atoms with van der Waals surface area (Å²) >= 11 is 3.38. The Hall–Kier alpha value is -2.53. The molecule has 0 spiro atoms. The standard InChI is InChI=1S/C19H16BrNO3/c1-21(15-5-3-2-4-6-15)19(22)18-12-11-17(24-18)13-23-16-9-7-14(20)8-10-16/h2-12H,13H2,1H3. The lowest BCUT2D eigenvalue weighted by molar-refractivity contribution is 0.0962. The quantitative estimate of drug-likeness (QED) is 0.627. The molecule has 0 aliphatic carbocycles. The summed E-state index contributed by atoms with van der Waals surface area (Å²) in [6.45, 7) is 0.268. The number of halogens is 1. The molecule has 24 heavy (non-hydrogen) atoms. The summed E-state index contributed by atoms with van der Waals surface area (Å²) in [5.74, 6) is 1.43. The summed E-state index contributed by atoms with van der Waals surface area (Å²) in [6, 6.07) is 20.4. The van der Waals surface area contributed by atoms with E-state index < -0.39 is 0 Å². The molecule has 5 heteroatoms. The molecular weight excluding hydrogens is 370 g/mol. The van der Waals surface area contributed by atoms with E-state index in [4.69, 9.17) is 9.15 Å². The van der Waals surface area contributed by atoms with E-state index in [1.807, 2.05) is 54.6 Å². The lowest BCUT2D eigenvalue weighted by Crippen LogP contribution is -2.25. The SMILES string of the molecule is CN(C(=O)c1ccc(COc2ccc(Br)cc2)o1)c1ccccc1. The maximum absolute atomic E-state index is 12.5. The summed E-state index contributed by atoms with van der Waals surface area (Å²) in [6.07, 6.45) is 0. The van der Waals surface area contributed by atoms with Crippen LogP contribution >= 0.6 is 15.9 Å². The third-order valence-corrected chi connectivity index (χ3v) is 4.04. The van der Waals surface area contributed by atoms with Crippen LogP contribution in [0.2, 0.25) is 0 Å². The number of nitrogens with zero attached hydrogens (tertiary/aromatic N) is 1. The molecule has 0 aliphatic heterocycles. The molecule has 0 aliphatic rings. The van der Waals surface area contributed by atoms with Gasteiger partial charge in [-0.2, -0.15) is 0 Å². The molecule has 0 bridgehead atoms. The zero-order chi connectivity index (χ0) is 16.9. The second kappa shape index (κ2) is 7.36. The summed E-state index contributed by atoms with van der Waals surface area (Å²) in [5, 5.41) is 0. The van der Waals surface area contributed by atoms with Gasteiger partial charge in [0.25, 0.3) is 5.91 Å². The molecule has 0 unspecified atom stereocenters. The van der Waals surface area contributed by atoms with Crippen molar-refractivity contribution in [2.75, 3.05) is 11.9 Å². The normalized spacial score (nSPS) is 10.4. The number of rotatable bonds is 5. The predicted octanol–water partition coefficient (Wildman–Crippen LogP) is 4.90.